The standard InChI is InChI=1S/C14H28N2O/c1-3-6-14(7-8-15-11-14)12-16-9-4-5-13(10-16)17-2/h13,15H,3-12H2,1-2H3. The van der Waals surface area contributed by atoms with Gasteiger partial charge in [-0.3, -0.25) is 0 Å². The minimum atomic E-state index is 0.469. The van der Waals surface area contributed by atoms with Crippen molar-refractivity contribution >= 4 is 0 Å². The highest BCUT2D eigenvalue weighted by Gasteiger charge is 2.35. The van der Waals surface area contributed by atoms with Crippen molar-refractivity contribution in [2.45, 2.75) is 45.1 Å². The van der Waals surface area contributed by atoms with E-state index in [4.69, 9.17) is 4.74 Å². The second-order valence-electron chi connectivity index (χ2n) is 5.91. The molecular formula is C14H28N2O. The quantitative estimate of drug-likeness (QED) is 0.794. The number of methoxy groups -OCH3 is 1. The van der Waals surface area contributed by atoms with Crippen molar-refractivity contribution in [2.75, 3.05) is 39.8 Å². The molecule has 3 heteroatoms. The van der Waals surface area contributed by atoms with Crippen LogP contribution in [-0.4, -0.2) is 50.8 Å². The number of hydrogen-bond donors (Lipinski definition) is 1. The summed E-state index contributed by atoms with van der Waals surface area (Å²) in [6, 6.07) is 0. The molecule has 2 heterocycles. The fraction of sp³-hybridized carbons (Fsp3) is 1.00. The minimum absolute atomic E-state index is 0.469. The molecule has 0 aromatic carbocycles. The van der Waals surface area contributed by atoms with Crippen LogP contribution in [0.4, 0.5) is 0 Å². The van der Waals surface area contributed by atoms with E-state index in [1.54, 1.807) is 0 Å². The second kappa shape index (κ2) is 6.17. The van der Waals surface area contributed by atoms with Gasteiger partial charge in [0.05, 0.1) is 6.10 Å². The number of piperidine rings is 1. The summed E-state index contributed by atoms with van der Waals surface area (Å²) in [6.07, 6.45) is 7.05. The molecule has 2 unspecified atom stereocenters. The Kier molecular flexibility index (Phi) is 4.83. The van der Waals surface area contributed by atoms with Crippen LogP contribution in [0.15, 0.2) is 0 Å². The largest absolute Gasteiger partial charge is 0.380 e. The van der Waals surface area contributed by atoms with Crippen molar-refractivity contribution in [1.82, 2.24) is 10.2 Å². The van der Waals surface area contributed by atoms with Gasteiger partial charge in [0.15, 0.2) is 0 Å². The molecule has 100 valence electrons. The number of nitrogens with zero attached hydrogens (tertiary/aromatic N) is 1. The van der Waals surface area contributed by atoms with Gasteiger partial charge in [0.25, 0.3) is 0 Å². The molecule has 2 aliphatic rings. The first kappa shape index (κ1) is 13.3. The summed E-state index contributed by atoms with van der Waals surface area (Å²) in [4.78, 5) is 2.64. The Hall–Kier alpha value is -0.120. The molecule has 0 radical (unpaired) electrons. The third kappa shape index (κ3) is 3.43. The zero-order valence-corrected chi connectivity index (χ0v) is 11.5. The first-order valence-electron chi connectivity index (χ1n) is 7.24. The Morgan fingerprint density at radius 2 is 2.35 bits per heavy atom. The van der Waals surface area contributed by atoms with E-state index in [2.05, 4.69) is 17.1 Å². The number of rotatable bonds is 5. The van der Waals surface area contributed by atoms with Crippen molar-refractivity contribution in [2.24, 2.45) is 5.41 Å². The Morgan fingerprint density at radius 3 is 3.00 bits per heavy atom. The lowest BCUT2D eigenvalue weighted by Gasteiger charge is -2.39. The van der Waals surface area contributed by atoms with E-state index in [0.717, 1.165) is 6.54 Å². The summed E-state index contributed by atoms with van der Waals surface area (Å²) in [7, 11) is 1.85. The van der Waals surface area contributed by atoms with E-state index >= 15 is 0 Å². The molecule has 2 atom stereocenters. The number of nitrogens with one attached hydrogen (secondary N) is 1. The zero-order valence-electron chi connectivity index (χ0n) is 11.5. The first-order chi connectivity index (χ1) is 8.28. The van der Waals surface area contributed by atoms with Crippen LogP contribution in [0.25, 0.3) is 0 Å². The molecule has 2 aliphatic heterocycles. The third-order valence-electron chi connectivity index (χ3n) is 4.47. The Bertz CT molecular complexity index is 226. The zero-order chi connectivity index (χ0) is 12.1. The number of likely N-dealkylation sites (tertiary alicyclic amines) is 1. The van der Waals surface area contributed by atoms with Gasteiger partial charge in [-0.25, -0.2) is 0 Å². The maximum absolute atomic E-state index is 5.52. The van der Waals surface area contributed by atoms with Gasteiger partial charge in [-0.2, -0.15) is 0 Å². The van der Waals surface area contributed by atoms with E-state index in [9.17, 15) is 0 Å². The first-order valence-corrected chi connectivity index (χ1v) is 7.24. The van der Waals surface area contributed by atoms with Crippen LogP contribution in [0.1, 0.15) is 39.0 Å². The fourth-order valence-corrected chi connectivity index (χ4v) is 3.58. The summed E-state index contributed by atoms with van der Waals surface area (Å²) < 4.78 is 5.52. The monoisotopic (exact) mass is 240 g/mol. The van der Waals surface area contributed by atoms with Crippen molar-refractivity contribution in [1.29, 1.82) is 0 Å². The molecule has 0 amide bonds. The molecule has 17 heavy (non-hydrogen) atoms. The molecule has 0 aromatic heterocycles. The molecule has 1 N–H and O–H groups in total. The highest BCUT2D eigenvalue weighted by molar-refractivity contribution is 4.91. The molecule has 0 bridgehead atoms. The predicted molar refractivity (Wildman–Crippen MR) is 71.3 cm³/mol. The summed E-state index contributed by atoms with van der Waals surface area (Å²) in [6.45, 7) is 8.42. The number of ether oxygens (including phenoxy) is 1. The van der Waals surface area contributed by atoms with E-state index in [0.29, 0.717) is 11.5 Å². The van der Waals surface area contributed by atoms with Gasteiger partial charge in [-0.1, -0.05) is 13.3 Å². The highest BCUT2D eigenvalue weighted by Crippen LogP contribution is 2.33. The molecular weight excluding hydrogens is 212 g/mol. The average Bonchev–Trinajstić information content (AvgIpc) is 2.78. The van der Waals surface area contributed by atoms with Gasteiger partial charge in [-0.15, -0.1) is 0 Å². The van der Waals surface area contributed by atoms with Crippen LogP contribution >= 0.6 is 0 Å². The summed E-state index contributed by atoms with van der Waals surface area (Å²) in [5.41, 5.74) is 0.546. The van der Waals surface area contributed by atoms with Crippen molar-refractivity contribution in [3.05, 3.63) is 0 Å². The predicted octanol–water partition coefficient (Wildman–Crippen LogP) is 1.88. The third-order valence-corrected chi connectivity index (χ3v) is 4.47. The lowest BCUT2D eigenvalue weighted by Crippen LogP contribution is -2.46. The van der Waals surface area contributed by atoms with Crippen LogP contribution in [0.5, 0.6) is 0 Å². The summed E-state index contributed by atoms with van der Waals surface area (Å²) in [5.74, 6) is 0. The van der Waals surface area contributed by atoms with Crippen molar-refractivity contribution in [3.63, 3.8) is 0 Å². The van der Waals surface area contributed by atoms with Gasteiger partial charge in [0.2, 0.25) is 0 Å². The van der Waals surface area contributed by atoms with Crippen LogP contribution in [0.3, 0.4) is 0 Å². The van der Waals surface area contributed by atoms with E-state index < -0.39 is 0 Å². The van der Waals surface area contributed by atoms with Crippen LogP contribution < -0.4 is 5.32 Å². The maximum atomic E-state index is 5.52. The van der Waals surface area contributed by atoms with Gasteiger partial charge < -0.3 is 15.0 Å². The smallest absolute Gasteiger partial charge is 0.0698 e. The average molecular weight is 240 g/mol. The molecule has 3 nitrogen and oxygen atoms in total. The lowest BCUT2D eigenvalue weighted by molar-refractivity contribution is 0.0150. The topological polar surface area (TPSA) is 24.5 Å². The molecule has 2 saturated heterocycles. The summed E-state index contributed by atoms with van der Waals surface area (Å²) >= 11 is 0. The van der Waals surface area contributed by atoms with Crippen molar-refractivity contribution in [3.8, 4) is 0 Å². The normalized spacial score (nSPS) is 35.3. The van der Waals surface area contributed by atoms with E-state index in [-0.39, 0.29) is 0 Å². The molecule has 2 fully saturated rings. The molecule has 2 rings (SSSR count). The van der Waals surface area contributed by atoms with Crippen LogP contribution in [0, 0.1) is 5.41 Å². The lowest BCUT2D eigenvalue weighted by atomic mass is 9.81. The molecule has 0 aliphatic carbocycles. The SMILES string of the molecule is CCCC1(CN2CCCC(OC)C2)CCNC1. The second-order valence-corrected chi connectivity index (χ2v) is 5.91. The minimum Gasteiger partial charge on any atom is -0.380 e. The van der Waals surface area contributed by atoms with Crippen LogP contribution in [-0.2, 0) is 4.74 Å². The van der Waals surface area contributed by atoms with E-state index in [1.807, 2.05) is 7.11 Å². The van der Waals surface area contributed by atoms with Crippen LogP contribution in [0.2, 0.25) is 0 Å². The number of hydrogen-bond acceptors (Lipinski definition) is 3. The van der Waals surface area contributed by atoms with Crippen molar-refractivity contribution < 1.29 is 4.74 Å². The molecule has 0 saturated carbocycles. The van der Waals surface area contributed by atoms with Gasteiger partial charge in [-0.05, 0) is 44.2 Å². The highest BCUT2D eigenvalue weighted by atomic mass is 16.5. The summed E-state index contributed by atoms with van der Waals surface area (Å²) in [5, 5.41) is 3.55. The fourth-order valence-electron chi connectivity index (χ4n) is 3.58. The van der Waals surface area contributed by atoms with Gasteiger partial charge in [0.1, 0.15) is 0 Å². The Morgan fingerprint density at radius 1 is 1.47 bits per heavy atom. The molecule has 0 aromatic rings. The Labute approximate surface area is 106 Å². The van der Waals surface area contributed by atoms with Gasteiger partial charge >= 0.3 is 0 Å². The molecule has 0 spiro atoms. The Balaban J connectivity index is 1.88. The maximum Gasteiger partial charge on any atom is 0.0698 e. The van der Waals surface area contributed by atoms with E-state index in [1.165, 1.54) is 58.3 Å². The van der Waals surface area contributed by atoms with Gasteiger partial charge in [0, 0.05) is 26.7 Å².